The van der Waals surface area contributed by atoms with Gasteiger partial charge in [0.25, 0.3) is 5.91 Å². The number of ether oxygens (including phenoxy) is 2. The lowest BCUT2D eigenvalue weighted by Crippen LogP contribution is -2.47. The Bertz CT molecular complexity index is 745. The van der Waals surface area contributed by atoms with Gasteiger partial charge in [-0.05, 0) is 49.9 Å². The molecule has 4 rings (SSSR count). The summed E-state index contributed by atoms with van der Waals surface area (Å²) in [6, 6.07) is 8.32. The van der Waals surface area contributed by atoms with E-state index >= 15 is 0 Å². The Morgan fingerprint density at radius 2 is 1.80 bits per heavy atom. The normalized spacial score (nSPS) is 25.0. The molecule has 0 radical (unpaired) electrons. The van der Waals surface area contributed by atoms with Crippen LogP contribution in [0.15, 0.2) is 36.7 Å². The van der Waals surface area contributed by atoms with Crippen LogP contribution < -0.4 is 9.47 Å². The van der Waals surface area contributed by atoms with Crippen LogP contribution in [0.3, 0.4) is 0 Å². The number of nitrogens with zero attached hydrogens (tertiary/aromatic N) is 3. The number of hydrogen-bond acceptors (Lipinski definition) is 4. The first-order valence-electron chi connectivity index (χ1n) is 8.75. The first kappa shape index (κ1) is 16.0. The summed E-state index contributed by atoms with van der Waals surface area (Å²) in [5.74, 6) is 1.32. The topological polar surface area (TPSA) is 56.6 Å². The van der Waals surface area contributed by atoms with Crippen LogP contribution in [0.25, 0.3) is 0 Å². The molecule has 2 unspecified atom stereocenters. The first-order chi connectivity index (χ1) is 12.2. The fourth-order valence-corrected chi connectivity index (χ4v) is 4.31. The summed E-state index contributed by atoms with van der Waals surface area (Å²) in [6.45, 7) is 0. The number of aromatic nitrogens is 2. The van der Waals surface area contributed by atoms with Crippen LogP contribution >= 0.6 is 0 Å². The van der Waals surface area contributed by atoms with Gasteiger partial charge >= 0.3 is 0 Å². The number of piperidine rings is 1. The van der Waals surface area contributed by atoms with E-state index in [1.165, 1.54) is 0 Å². The minimum absolute atomic E-state index is 0.0902. The molecule has 1 amide bonds. The second-order valence-corrected chi connectivity index (χ2v) is 6.78. The van der Waals surface area contributed by atoms with E-state index in [0.717, 1.165) is 25.7 Å². The van der Waals surface area contributed by atoms with Gasteiger partial charge in [-0.15, -0.1) is 0 Å². The molecule has 6 nitrogen and oxygen atoms in total. The minimum Gasteiger partial charge on any atom is -0.493 e. The van der Waals surface area contributed by atoms with E-state index in [2.05, 4.69) is 10.00 Å². The van der Waals surface area contributed by atoms with Crippen LogP contribution in [-0.4, -0.2) is 46.9 Å². The van der Waals surface area contributed by atoms with Crippen LogP contribution in [0.4, 0.5) is 0 Å². The largest absolute Gasteiger partial charge is 0.493 e. The molecule has 0 saturated carbocycles. The maximum atomic E-state index is 13.1. The maximum Gasteiger partial charge on any atom is 0.254 e. The number of carbonyl (C=O) groups is 1. The van der Waals surface area contributed by atoms with Crippen molar-refractivity contribution in [1.29, 1.82) is 0 Å². The summed E-state index contributed by atoms with van der Waals surface area (Å²) >= 11 is 0. The number of fused-ring (bicyclic) bond motifs is 2. The second-order valence-electron chi connectivity index (χ2n) is 6.78. The van der Waals surface area contributed by atoms with Gasteiger partial charge in [0, 0.05) is 30.0 Å². The third kappa shape index (κ3) is 2.75. The third-order valence-corrected chi connectivity index (χ3v) is 5.47. The zero-order valence-corrected chi connectivity index (χ0v) is 14.6. The van der Waals surface area contributed by atoms with Gasteiger partial charge < -0.3 is 14.4 Å². The van der Waals surface area contributed by atoms with Gasteiger partial charge in [0.2, 0.25) is 0 Å². The minimum atomic E-state index is 0.0902. The summed E-state index contributed by atoms with van der Waals surface area (Å²) in [7, 11) is 3.19. The molecule has 3 heterocycles. The first-order valence-corrected chi connectivity index (χ1v) is 8.75. The van der Waals surface area contributed by atoms with E-state index in [9.17, 15) is 4.79 Å². The van der Waals surface area contributed by atoms with Gasteiger partial charge in [0.1, 0.15) is 0 Å². The molecule has 1 aromatic heterocycles. The van der Waals surface area contributed by atoms with Crippen molar-refractivity contribution >= 4 is 5.91 Å². The van der Waals surface area contributed by atoms with Crippen LogP contribution in [0, 0.1) is 0 Å². The molecule has 0 spiro atoms. The Morgan fingerprint density at radius 3 is 2.40 bits per heavy atom. The Labute approximate surface area is 147 Å². The van der Waals surface area contributed by atoms with Crippen molar-refractivity contribution in [2.45, 2.75) is 43.8 Å². The van der Waals surface area contributed by atoms with Crippen LogP contribution in [-0.2, 0) is 0 Å². The van der Waals surface area contributed by atoms with E-state index in [-0.39, 0.29) is 18.0 Å². The molecule has 2 aliphatic rings. The second kappa shape index (κ2) is 6.43. The summed E-state index contributed by atoms with van der Waals surface area (Å²) in [6.07, 6.45) is 7.93. The molecular weight excluding hydrogens is 318 g/mol. The molecule has 6 heteroatoms. The lowest BCUT2D eigenvalue weighted by atomic mass is 9.96. The number of hydrogen-bond donors (Lipinski definition) is 0. The van der Waals surface area contributed by atoms with Gasteiger partial charge in [-0.1, -0.05) is 0 Å². The fraction of sp³-hybridized carbons (Fsp3) is 0.474. The van der Waals surface area contributed by atoms with E-state index in [0.29, 0.717) is 23.1 Å². The Morgan fingerprint density at radius 1 is 1.08 bits per heavy atom. The highest BCUT2D eigenvalue weighted by molar-refractivity contribution is 5.95. The molecule has 25 heavy (non-hydrogen) atoms. The SMILES string of the molecule is COc1ccc(C(=O)N2C3CCC2CC(n2cccn2)C3)cc1OC. The van der Waals surface area contributed by atoms with Gasteiger partial charge in [0.05, 0.1) is 20.3 Å². The molecule has 2 atom stereocenters. The summed E-state index contributed by atoms with van der Waals surface area (Å²) in [5.41, 5.74) is 0.659. The molecular formula is C19H23N3O3. The quantitative estimate of drug-likeness (QED) is 0.858. The zero-order valence-electron chi connectivity index (χ0n) is 14.6. The smallest absolute Gasteiger partial charge is 0.254 e. The standard InChI is InChI=1S/C19H23N3O3/c1-24-17-7-4-13(10-18(17)25-2)19(23)22-14-5-6-15(22)12-16(11-14)21-9-3-8-20-21/h3-4,7-10,14-16H,5-6,11-12H2,1-2H3. The lowest BCUT2D eigenvalue weighted by molar-refractivity contribution is 0.0524. The van der Waals surface area contributed by atoms with Crippen molar-refractivity contribution in [1.82, 2.24) is 14.7 Å². The zero-order chi connectivity index (χ0) is 17.4. The number of rotatable bonds is 4. The molecule has 2 fully saturated rings. The molecule has 132 valence electrons. The van der Waals surface area contributed by atoms with E-state index in [1.807, 2.05) is 29.2 Å². The monoisotopic (exact) mass is 341 g/mol. The summed E-state index contributed by atoms with van der Waals surface area (Å²) in [5, 5.41) is 4.39. The third-order valence-electron chi connectivity index (χ3n) is 5.47. The molecule has 2 aliphatic heterocycles. The van der Waals surface area contributed by atoms with Crippen molar-refractivity contribution in [3.05, 3.63) is 42.2 Å². The summed E-state index contributed by atoms with van der Waals surface area (Å²) in [4.78, 5) is 15.2. The van der Waals surface area contributed by atoms with Gasteiger partial charge in [0.15, 0.2) is 11.5 Å². The van der Waals surface area contributed by atoms with Crippen LogP contribution in [0.2, 0.25) is 0 Å². The van der Waals surface area contributed by atoms with Crippen molar-refractivity contribution in [3.63, 3.8) is 0 Å². The number of carbonyl (C=O) groups excluding carboxylic acids is 1. The molecule has 0 aliphatic carbocycles. The van der Waals surface area contributed by atoms with E-state index in [4.69, 9.17) is 9.47 Å². The predicted molar refractivity (Wildman–Crippen MR) is 93.0 cm³/mol. The van der Waals surface area contributed by atoms with Gasteiger partial charge in [-0.25, -0.2) is 0 Å². The predicted octanol–water partition coefficient (Wildman–Crippen LogP) is 2.91. The van der Waals surface area contributed by atoms with E-state index in [1.54, 1.807) is 26.4 Å². The molecule has 2 bridgehead atoms. The highest BCUT2D eigenvalue weighted by atomic mass is 16.5. The Hall–Kier alpha value is -2.50. The molecule has 1 aromatic carbocycles. The van der Waals surface area contributed by atoms with E-state index < -0.39 is 0 Å². The average Bonchev–Trinajstić information content (AvgIpc) is 3.27. The van der Waals surface area contributed by atoms with Crippen LogP contribution in [0.1, 0.15) is 42.1 Å². The number of benzene rings is 1. The van der Waals surface area contributed by atoms with Crippen molar-refractivity contribution in [2.24, 2.45) is 0 Å². The van der Waals surface area contributed by atoms with Crippen LogP contribution in [0.5, 0.6) is 11.5 Å². The van der Waals surface area contributed by atoms with Crippen molar-refractivity contribution in [3.8, 4) is 11.5 Å². The Balaban J connectivity index is 1.56. The fourth-order valence-electron chi connectivity index (χ4n) is 4.31. The highest BCUT2D eigenvalue weighted by Crippen LogP contribution is 2.41. The number of amides is 1. The Kier molecular flexibility index (Phi) is 4.11. The molecule has 0 N–H and O–H groups in total. The van der Waals surface area contributed by atoms with Crippen molar-refractivity contribution in [2.75, 3.05) is 14.2 Å². The summed E-state index contributed by atoms with van der Waals surface area (Å²) < 4.78 is 12.7. The molecule has 2 aromatic rings. The maximum absolute atomic E-state index is 13.1. The molecule has 2 saturated heterocycles. The van der Waals surface area contributed by atoms with Crippen molar-refractivity contribution < 1.29 is 14.3 Å². The lowest BCUT2D eigenvalue weighted by Gasteiger charge is -2.39. The average molecular weight is 341 g/mol. The van der Waals surface area contributed by atoms with Gasteiger partial charge in [-0.3, -0.25) is 9.48 Å². The van der Waals surface area contributed by atoms with Gasteiger partial charge in [-0.2, -0.15) is 5.10 Å². The highest BCUT2D eigenvalue weighted by Gasteiger charge is 2.44. The number of methoxy groups -OCH3 is 2.